The van der Waals surface area contributed by atoms with E-state index in [2.05, 4.69) is 0 Å². The van der Waals surface area contributed by atoms with Crippen LogP contribution in [0.4, 0.5) is 4.39 Å². The molecular formula is C35H35FO8S2. The molecule has 11 heteroatoms. The summed E-state index contributed by atoms with van der Waals surface area (Å²) >= 11 is 2.12. The van der Waals surface area contributed by atoms with Gasteiger partial charge in [0.2, 0.25) is 5.76 Å². The number of thioether (sulfide) groups is 1. The number of unbranched alkanes of at least 4 members (excludes halogenated alkanes) is 2. The number of phenolic OH excluding ortho intramolecular Hbond substituents is 1. The second-order valence-corrected chi connectivity index (χ2v) is 12.8. The summed E-state index contributed by atoms with van der Waals surface area (Å²) in [5, 5.41) is 30.1. The van der Waals surface area contributed by atoms with Gasteiger partial charge in [-0.2, -0.15) is 4.39 Å². The van der Waals surface area contributed by atoms with E-state index in [1.54, 1.807) is 42.5 Å². The zero-order chi connectivity index (χ0) is 33.2. The van der Waals surface area contributed by atoms with Crippen LogP contribution in [0.3, 0.4) is 0 Å². The fraction of sp³-hybridized carbons (Fsp3) is 0.286. The first-order chi connectivity index (χ1) is 22.1. The predicted octanol–water partition coefficient (Wildman–Crippen LogP) is 8.11. The number of aliphatic hydroxyl groups is 1. The molecule has 46 heavy (non-hydrogen) atoms. The number of hydrogen-bond acceptors (Lipinski definition) is 9. The van der Waals surface area contributed by atoms with E-state index in [9.17, 15) is 34.1 Å². The molecule has 242 valence electrons. The Balaban J connectivity index is 1.37. The lowest BCUT2D eigenvalue weighted by Crippen LogP contribution is -2.11. The molecule has 0 saturated heterocycles. The first-order valence-electron chi connectivity index (χ1n) is 14.8. The Morgan fingerprint density at radius 2 is 1.91 bits per heavy atom. The van der Waals surface area contributed by atoms with Crippen LogP contribution in [0.5, 0.6) is 11.5 Å². The molecule has 0 radical (unpaired) electrons. The molecule has 0 aliphatic heterocycles. The summed E-state index contributed by atoms with van der Waals surface area (Å²) in [6.45, 7) is 3.88. The van der Waals surface area contributed by atoms with Crippen molar-refractivity contribution in [1.29, 1.82) is 0 Å². The Morgan fingerprint density at radius 3 is 2.61 bits per heavy atom. The number of ketones is 1. The van der Waals surface area contributed by atoms with Gasteiger partial charge in [-0.25, -0.2) is 4.79 Å². The van der Waals surface area contributed by atoms with Crippen LogP contribution in [0.1, 0.15) is 77.0 Å². The lowest BCUT2D eigenvalue weighted by Gasteiger charge is -2.18. The van der Waals surface area contributed by atoms with E-state index in [0.29, 0.717) is 39.7 Å². The van der Waals surface area contributed by atoms with E-state index >= 15 is 0 Å². The van der Waals surface area contributed by atoms with Gasteiger partial charge >= 0.3 is 5.97 Å². The SMILES string of the molecule is CCCc1c(OCCCC/C=C\C=C\C(Sc2ccc3c(=O)cc(C(=O)O)oc3c2)C(O)c2ccc(F)s2)ccc(C(C)=O)c1O. The molecule has 2 aromatic heterocycles. The van der Waals surface area contributed by atoms with Crippen LogP contribution in [0.25, 0.3) is 11.0 Å². The number of halogens is 1. The summed E-state index contributed by atoms with van der Waals surface area (Å²) in [7, 11) is 0. The molecule has 0 fully saturated rings. The van der Waals surface area contributed by atoms with Gasteiger partial charge in [-0.05, 0) is 75.1 Å². The number of carbonyl (C=O) groups is 2. The van der Waals surface area contributed by atoms with E-state index in [-0.39, 0.29) is 22.5 Å². The third-order valence-electron chi connectivity index (χ3n) is 7.07. The number of carbonyl (C=O) groups excluding carboxylic acids is 1. The highest BCUT2D eigenvalue weighted by molar-refractivity contribution is 8.00. The van der Waals surface area contributed by atoms with Crippen molar-refractivity contribution in [2.24, 2.45) is 0 Å². The second kappa shape index (κ2) is 16.4. The minimum absolute atomic E-state index is 0.00749. The van der Waals surface area contributed by atoms with Gasteiger partial charge in [0.05, 0.1) is 22.8 Å². The molecule has 0 aliphatic rings. The van der Waals surface area contributed by atoms with Gasteiger partial charge in [0.1, 0.15) is 23.2 Å². The van der Waals surface area contributed by atoms with Crippen molar-refractivity contribution in [2.45, 2.75) is 62.2 Å². The average molecular weight is 667 g/mol. The van der Waals surface area contributed by atoms with Crippen LogP contribution < -0.4 is 10.2 Å². The van der Waals surface area contributed by atoms with Gasteiger partial charge in [0, 0.05) is 21.4 Å². The molecule has 0 aliphatic carbocycles. The number of carboxylic acids is 1. The quantitative estimate of drug-likeness (QED) is 0.0469. The van der Waals surface area contributed by atoms with Gasteiger partial charge < -0.3 is 24.5 Å². The van der Waals surface area contributed by atoms with Gasteiger partial charge in [-0.3, -0.25) is 9.59 Å². The topological polar surface area (TPSA) is 134 Å². The number of aliphatic hydroxyl groups excluding tert-OH is 1. The third kappa shape index (κ3) is 8.96. The molecule has 0 bridgehead atoms. The number of phenols is 1. The normalized spacial score (nSPS) is 13.0. The molecule has 8 nitrogen and oxygen atoms in total. The van der Waals surface area contributed by atoms with Crippen molar-refractivity contribution in [3.8, 4) is 11.5 Å². The Kier molecular flexibility index (Phi) is 12.4. The number of thiophene rings is 1. The summed E-state index contributed by atoms with van der Waals surface area (Å²) in [6.07, 6.45) is 10.2. The Bertz CT molecular complexity index is 1810. The lowest BCUT2D eigenvalue weighted by molar-refractivity contribution is 0.0662. The Morgan fingerprint density at radius 1 is 1.11 bits per heavy atom. The number of hydrogen-bond donors (Lipinski definition) is 3. The minimum Gasteiger partial charge on any atom is -0.507 e. The van der Waals surface area contributed by atoms with Crippen molar-refractivity contribution in [1.82, 2.24) is 0 Å². The summed E-state index contributed by atoms with van der Waals surface area (Å²) in [6, 6.07) is 11.9. The van der Waals surface area contributed by atoms with Crippen LogP contribution in [-0.2, 0) is 6.42 Å². The molecule has 4 aromatic rings. The molecule has 0 amide bonds. The molecule has 2 atom stereocenters. The maximum absolute atomic E-state index is 13.7. The van der Waals surface area contributed by atoms with Crippen LogP contribution in [0.2, 0.25) is 0 Å². The molecule has 2 unspecified atom stereocenters. The van der Waals surface area contributed by atoms with Crippen molar-refractivity contribution < 1.29 is 38.5 Å². The van der Waals surface area contributed by atoms with Gasteiger partial charge in [-0.1, -0.05) is 37.6 Å². The van der Waals surface area contributed by atoms with Crippen LogP contribution in [-0.4, -0.2) is 38.9 Å². The molecule has 2 aromatic carbocycles. The zero-order valence-corrected chi connectivity index (χ0v) is 27.0. The monoisotopic (exact) mass is 666 g/mol. The summed E-state index contributed by atoms with van der Waals surface area (Å²) in [5.74, 6) is -1.43. The van der Waals surface area contributed by atoms with E-state index in [4.69, 9.17) is 9.15 Å². The number of aromatic hydroxyl groups is 1. The number of carboxylic acid groups (broad SMARTS) is 1. The summed E-state index contributed by atoms with van der Waals surface area (Å²) in [5.41, 5.74) is 0.592. The highest BCUT2D eigenvalue weighted by atomic mass is 32.2. The molecule has 4 rings (SSSR count). The Hall–Kier alpha value is -4.19. The number of aromatic carboxylic acids is 1. The van der Waals surface area contributed by atoms with Gasteiger partial charge in [-0.15, -0.1) is 23.1 Å². The lowest BCUT2D eigenvalue weighted by atomic mass is 10.0. The maximum atomic E-state index is 13.7. The fourth-order valence-corrected chi connectivity index (χ4v) is 6.68. The van der Waals surface area contributed by atoms with E-state index in [1.807, 2.05) is 19.1 Å². The molecular weight excluding hydrogens is 632 g/mol. The zero-order valence-electron chi connectivity index (χ0n) is 25.4. The molecule has 2 heterocycles. The molecule has 0 spiro atoms. The second-order valence-electron chi connectivity index (χ2n) is 10.5. The van der Waals surface area contributed by atoms with Crippen molar-refractivity contribution in [3.05, 3.63) is 110 Å². The third-order valence-corrected chi connectivity index (χ3v) is 9.23. The number of rotatable bonds is 16. The minimum atomic E-state index is -1.35. The maximum Gasteiger partial charge on any atom is 0.371 e. The number of ether oxygens (including phenoxy) is 1. The summed E-state index contributed by atoms with van der Waals surface area (Å²) < 4.78 is 25.1. The first-order valence-corrected chi connectivity index (χ1v) is 16.5. The fourth-order valence-electron chi connectivity index (χ4n) is 4.75. The number of fused-ring (bicyclic) bond motifs is 1. The smallest absolute Gasteiger partial charge is 0.371 e. The average Bonchev–Trinajstić information content (AvgIpc) is 3.46. The van der Waals surface area contributed by atoms with E-state index in [0.717, 1.165) is 43.1 Å². The largest absolute Gasteiger partial charge is 0.507 e. The van der Waals surface area contributed by atoms with Crippen molar-refractivity contribution >= 4 is 45.8 Å². The molecule has 0 saturated carbocycles. The molecule has 3 N–H and O–H groups in total. The number of benzene rings is 2. The van der Waals surface area contributed by atoms with E-state index in [1.165, 1.54) is 30.8 Å². The predicted molar refractivity (Wildman–Crippen MR) is 178 cm³/mol. The summed E-state index contributed by atoms with van der Waals surface area (Å²) in [4.78, 5) is 36.5. The van der Waals surface area contributed by atoms with Gasteiger partial charge in [0.25, 0.3) is 0 Å². The first kappa shape index (κ1) is 34.7. The number of Topliss-reactive ketones (excluding diaryl/α,β-unsaturated/α-hetero) is 1. The van der Waals surface area contributed by atoms with Crippen LogP contribution >= 0.6 is 23.1 Å². The number of allylic oxidation sites excluding steroid dienone is 3. The van der Waals surface area contributed by atoms with Gasteiger partial charge in [0.15, 0.2) is 16.3 Å². The van der Waals surface area contributed by atoms with Crippen LogP contribution in [0.15, 0.2) is 86.9 Å². The van der Waals surface area contributed by atoms with Crippen LogP contribution in [0, 0.1) is 5.13 Å². The highest BCUT2D eigenvalue weighted by Crippen LogP contribution is 2.37. The van der Waals surface area contributed by atoms with Crippen molar-refractivity contribution in [2.75, 3.05) is 6.61 Å². The van der Waals surface area contributed by atoms with E-state index < -0.39 is 33.6 Å². The Labute approximate surface area is 273 Å². The standard InChI is InChI=1S/C35H35FO8S2/c1-3-10-25-27(15-14-23(21(2)37)33(25)39)43-18-9-7-5-4-6-8-11-30(34(40)31-16-17-32(36)46-31)45-22-12-13-24-26(38)20-29(35(41)42)44-28(24)19-22/h4,6,8,11-17,19-20,30,34,39-40H,3,5,7,9-10,18H2,1-2H3,(H,41,42)/b6-4-,11-8+. The highest BCUT2D eigenvalue weighted by Gasteiger charge is 2.22. The van der Waals surface area contributed by atoms with Crippen molar-refractivity contribution in [3.63, 3.8) is 0 Å².